The maximum Gasteiger partial charge on any atom is 0.252 e. The molecule has 110 valence electrons. The van der Waals surface area contributed by atoms with Crippen molar-refractivity contribution in [1.29, 1.82) is 0 Å². The van der Waals surface area contributed by atoms with Crippen molar-refractivity contribution in [2.45, 2.75) is 25.8 Å². The van der Waals surface area contributed by atoms with E-state index in [9.17, 15) is 9.90 Å². The minimum Gasteiger partial charge on any atom is -0.508 e. The summed E-state index contributed by atoms with van der Waals surface area (Å²) in [6.07, 6.45) is 1.71. The molecule has 0 aliphatic rings. The van der Waals surface area contributed by atoms with Gasteiger partial charge in [0.2, 0.25) is 0 Å². The van der Waals surface area contributed by atoms with Crippen LogP contribution in [0.5, 0.6) is 5.75 Å². The highest BCUT2D eigenvalue weighted by Gasteiger charge is 2.12. The van der Waals surface area contributed by atoms with Crippen LogP contribution in [-0.4, -0.2) is 17.1 Å². The van der Waals surface area contributed by atoms with Crippen LogP contribution < -0.4 is 5.32 Å². The second kappa shape index (κ2) is 7.27. The Kier molecular flexibility index (Phi) is 5.39. The van der Waals surface area contributed by atoms with Crippen molar-refractivity contribution >= 4 is 21.8 Å². The molecule has 2 rings (SSSR count). The molecule has 1 unspecified atom stereocenters. The van der Waals surface area contributed by atoms with E-state index in [1.807, 2.05) is 37.3 Å². The van der Waals surface area contributed by atoms with Gasteiger partial charge in [-0.1, -0.05) is 24.3 Å². The molecule has 1 amide bonds. The molecule has 0 spiro atoms. The average Bonchev–Trinajstić information content (AvgIpc) is 2.47. The monoisotopic (exact) mass is 347 g/mol. The molecular weight excluding hydrogens is 330 g/mol. The Morgan fingerprint density at radius 3 is 2.52 bits per heavy atom. The highest BCUT2D eigenvalue weighted by atomic mass is 79.9. The molecule has 2 aromatic rings. The van der Waals surface area contributed by atoms with Gasteiger partial charge in [-0.25, -0.2) is 0 Å². The van der Waals surface area contributed by atoms with Crippen LogP contribution in [-0.2, 0) is 6.42 Å². The van der Waals surface area contributed by atoms with Crippen LogP contribution in [0.2, 0.25) is 0 Å². The minimum atomic E-state index is -0.0688. The lowest BCUT2D eigenvalue weighted by Crippen LogP contribution is -2.33. The van der Waals surface area contributed by atoms with Gasteiger partial charge in [0.25, 0.3) is 5.91 Å². The average molecular weight is 348 g/mol. The van der Waals surface area contributed by atoms with Crippen LogP contribution >= 0.6 is 15.9 Å². The fourth-order valence-corrected chi connectivity index (χ4v) is 2.53. The fourth-order valence-electron chi connectivity index (χ4n) is 2.06. The second-order valence-electron chi connectivity index (χ2n) is 5.06. The molecule has 0 aliphatic heterocycles. The minimum absolute atomic E-state index is 0.0688. The number of hydrogen-bond acceptors (Lipinski definition) is 2. The van der Waals surface area contributed by atoms with Crippen LogP contribution in [0.3, 0.4) is 0 Å². The van der Waals surface area contributed by atoms with E-state index in [2.05, 4.69) is 21.2 Å². The fraction of sp³-hybridized carbons (Fsp3) is 0.235. The molecule has 0 saturated heterocycles. The first-order valence-electron chi connectivity index (χ1n) is 6.89. The molecule has 0 saturated carbocycles. The Morgan fingerprint density at radius 2 is 1.86 bits per heavy atom. The van der Waals surface area contributed by atoms with Gasteiger partial charge >= 0.3 is 0 Å². The lowest BCUT2D eigenvalue weighted by molar-refractivity contribution is 0.0937. The number of amides is 1. The first-order valence-corrected chi connectivity index (χ1v) is 7.69. The van der Waals surface area contributed by atoms with Crippen molar-refractivity contribution in [1.82, 2.24) is 5.32 Å². The zero-order valence-corrected chi connectivity index (χ0v) is 13.4. The van der Waals surface area contributed by atoms with E-state index in [4.69, 9.17) is 0 Å². The number of halogens is 1. The molecule has 0 heterocycles. The van der Waals surface area contributed by atoms with Crippen molar-refractivity contribution in [2.24, 2.45) is 0 Å². The summed E-state index contributed by atoms with van der Waals surface area (Å²) in [5.41, 5.74) is 1.80. The maximum atomic E-state index is 12.2. The number of hydrogen-bond donors (Lipinski definition) is 2. The zero-order chi connectivity index (χ0) is 15.2. The third kappa shape index (κ3) is 4.60. The van der Waals surface area contributed by atoms with Gasteiger partial charge in [-0.15, -0.1) is 0 Å². The van der Waals surface area contributed by atoms with Crippen molar-refractivity contribution in [3.63, 3.8) is 0 Å². The SMILES string of the molecule is CC(CCc1ccc(O)cc1)NC(=O)c1ccccc1Br. The molecule has 0 aliphatic carbocycles. The molecule has 0 aromatic heterocycles. The van der Waals surface area contributed by atoms with E-state index in [-0.39, 0.29) is 17.7 Å². The molecule has 2 aromatic carbocycles. The van der Waals surface area contributed by atoms with Gasteiger partial charge in [0.05, 0.1) is 5.56 Å². The molecule has 21 heavy (non-hydrogen) atoms. The Labute approximate surface area is 133 Å². The van der Waals surface area contributed by atoms with Crippen LogP contribution in [0.1, 0.15) is 29.3 Å². The van der Waals surface area contributed by atoms with Crippen molar-refractivity contribution < 1.29 is 9.90 Å². The number of benzene rings is 2. The number of phenolic OH excluding ortho intramolecular Hbond substituents is 1. The Bertz CT molecular complexity index is 610. The largest absolute Gasteiger partial charge is 0.508 e. The van der Waals surface area contributed by atoms with E-state index in [0.717, 1.165) is 22.9 Å². The Morgan fingerprint density at radius 1 is 1.19 bits per heavy atom. The first kappa shape index (κ1) is 15.6. The van der Waals surface area contributed by atoms with Crippen LogP contribution in [0, 0.1) is 0 Å². The number of nitrogens with one attached hydrogen (secondary N) is 1. The van der Waals surface area contributed by atoms with Gasteiger partial charge in [0, 0.05) is 10.5 Å². The molecule has 1 atom stereocenters. The molecule has 4 heteroatoms. The van der Waals surface area contributed by atoms with Gasteiger partial charge < -0.3 is 10.4 Å². The summed E-state index contributed by atoms with van der Waals surface area (Å²) in [5.74, 6) is 0.203. The number of rotatable bonds is 5. The Hall–Kier alpha value is -1.81. The topological polar surface area (TPSA) is 49.3 Å². The highest BCUT2D eigenvalue weighted by molar-refractivity contribution is 9.10. The lowest BCUT2D eigenvalue weighted by atomic mass is 10.1. The van der Waals surface area contributed by atoms with Crippen molar-refractivity contribution in [3.05, 3.63) is 64.1 Å². The predicted octanol–water partition coefficient (Wildman–Crippen LogP) is 3.91. The quantitative estimate of drug-likeness (QED) is 0.861. The molecule has 0 fully saturated rings. The molecule has 0 bridgehead atoms. The standard InChI is InChI=1S/C17H18BrNO2/c1-12(6-7-13-8-10-14(20)11-9-13)19-17(21)15-4-2-3-5-16(15)18/h2-5,8-12,20H,6-7H2,1H3,(H,19,21). The van der Waals surface area contributed by atoms with Gasteiger partial charge in [-0.2, -0.15) is 0 Å². The summed E-state index contributed by atoms with van der Waals surface area (Å²) in [6, 6.07) is 14.6. The van der Waals surface area contributed by atoms with E-state index < -0.39 is 0 Å². The molecule has 0 radical (unpaired) electrons. The van der Waals surface area contributed by atoms with E-state index >= 15 is 0 Å². The zero-order valence-electron chi connectivity index (χ0n) is 11.8. The number of carbonyl (C=O) groups excluding carboxylic acids is 1. The third-order valence-corrected chi connectivity index (χ3v) is 3.99. The molecular formula is C17H18BrNO2. The van der Waals surface area contributed by atoms with E-state index in [1.165, 1.54) is 0 Å². The number of phenols is 1. The second-order valence-corrected chi connectivity index (χ2v) is 5.91. The van der Waals surface area contributed by atoms with Gasteiger partial charge in [-0.3, -0.25) is 4.79 Å². The smallest absolute Gasteiger partial charge is 0.252 e. The van der Waals surface area contributed by atoms with Crippen molar-refractivity contribution in [2.75, 3.05) is 0 Å². The first-order chi connectivity index (χ1) is 10.1. The lowest BCUT2D eigenvalue weighted by Gasteiger charge is -2.14. The van der Waals surface area contributed by atoms with Crippen molar-refractivity contribution in [3.8, 4) is 5.75 Å². The number of aromatic hydroxyl groups is 1. The maximum absolute atomic E-state index is 12.2. The number of aryl methyl sites for hydroxylation is 1. The normalized spacial score (nSPS) is 11.9. The van der Waals surface area contributed by atoms with E-state index in [0.29, 0.717) is 5.56 Å². The summed E-state index contributed by atoms with van der Waals surface area (Å²) in [4.78, 5) is 12.2. The summed E-state index contributed by atoms with van der Waals surface area (Å²) >= 11 is 3.38. The van der Waals surface area contributed by atoms with E-state index in [1.54, 1.807) is 18.2 Å². The predicted molar refractivity (Wildman–Crippen MR) is 87.5 cm³/mol. The summed E-state index contributed by atoms with van der Waals surface area (Å²) in [6.45, 7) is 2.00. The third-order valence-electron chi connectivity index (χ3n) is 3.30. The highest BCUT2D eigenvalue weighted by Crippen LogP contribution is 2.16. The summed E-state index contributed by atoms with van der Waals surface area (Å²) in [5, 5.41) is 12.2. The molecule has 2 N–H and O–H groups in total. The summed E-state index contributed by atoms with van der Waals surface area (Å²) < 4.78 is 0.799. The number of carbonyl (C=O) groups is 1. The van der Waals surface area contributed by atoms with Gasteiger partial charge in [-0.05, 0) is 65.5 Å². The summed E-state index contributed by atoms with van der Waals surface area (Å²) in [7, 11) is 0. The van der Waals surface area contributed by atoms with Crippen LogP contribution in [0.4, 0.5) is 0 Å². The van der Waals surface area contributed by atoms with Crippen LogP contribution in [0.25, 0.3) is 0 Å². The molecule has 3 nitrogen and oxygen atoms in total. The Balaban J connectivity index is 1.87. The van der Waals surface area contributed by atoms with Crippen LogP contribution in [0.15, 0.2) is 53.0 Å². The van der Waals surface area contributed by atoms with Gasteiger partial charge in [0.15, 0.2) is 0 Å². The van der Waals surface area contributed by atoms with Gasteiger partial charge in [0.1, 0.15) is 5.75 Å².